The molecule has 0 saturated heterocycles. The normalized spacial score (nSPS) is 22.9. The summed E-state index contributed by atoms with van der Waals surface area (Å²) < 4.78 is 24.9. The first-order valence-corrected chi connectivity index (χ1v) is 9.77. The van der Waals surface area contributed by atoms with Crippen LogP contribution >= 0.6 is 0 Å². The average molecular weight is 328 g/mol. The molecular weight excluding hydrogens is 308 g/mol. The van der Waals surface area contributed by atoms with Crippen molar-refractivity contribution in [3.05, 3.63) is 53.7 Å². The van der Waals surface area contributed by atoms with Crippen molar-refractivity contribution in [3.63, 3.8) is 0 Å². The van der Waals surface area contributed by atoms with E-state index in [9.17, 15) is 8.42 Å². The van der Waals surface area contributed by atoms with Gasteiger partial charge in [-0.15, -0.1) is 0 Å². The lowest BCUT2D eigenvalue weighted by molar-refractivity contribution is 0.340. The van der Waals surface area contributed by atoms with E-state index in [4.69, 9.17) is 0 Å². The number of sulfone groups is 1. The van der Waals surface area contributed by atoms with Crippen LogP contribution in [0.3, 0.4) is 0 Å². The van der Waals surface area contributed by atoms with E-state index in [0.29, 0.717) is 22.7 Å². The SMILES string of the molecule is CCS(=O)(=O)c1cccnc1N1Cc2ccccc2C2CC1C2. The molecule has 2 aromatic rings. The third kappa shape index (κ3) is 2.34. The van der Waals surface area contributed by atoms with Gasteiger partial charge < -0.3 is 4.90 Å². The lowest BCUT2D eigenvalue weighted by atomic mass is 9.76. The van der Waals surface area contributed by atoms with E-state index in [1.165, 1.54) is 11.1 Å². The fourth-order valence-electron chi connectivity index (χ4n) is 3.73. The van der Waals surface area contributed by atoms with Gasteiger partial charge in [0, 0.05) is 18.8 Å². The van der Waals surface area contributed by atoms with E-state index in [1.54, 1.807) is 25.3 Å². The Hall–Kier alpha value is -1.88. The number of anilines is 1. The zero-order valence-electron chi connectivity index (χ0n) is 13.1. The van der Waals surface area contributed by atoms with Crippen LogP contribution in [0.5, 0.6) is 0 Å². The van der Waals surface area contributed by atoms with Crippen molar-refractivity contribution >= 4 is 15.7 Å². The Morgan fingerprint density at radius 1 is 1.17 bits per heavy atom. The van der Waals surface area contributed by atoms with Gasteiger partial charge in [0.25, 0.3) is 0 Å². The van der Waals surface area contributed by atoms with Gasteiger partial charge in [0.15, 0.2) is 9.84 Å². The molecule has 1 aliphatic carbocycles. The summed E-state index contributed by atoms with van der Waals surface area (Å²) in [6.07, 6.45) is 3.86. The van der Waals surface area contributed by atoms with Crippen molar-refractivity contribution < 1.29 is 8.42 Å². The number of pyridine rings is 1. The highest BCUT2D eigenvalue weighted by atomic mass is 32.2. The molecule has 1 aromatic carbocycles. The second-order valence-corrected chi connectivity index (χ2v) is 8.62. The molecule has 23 heavy (non-hydrogen) atoms. The predicted molar refractivity (Wildman–Crippen MR) is 90.4 cm³/mol. The van der Waals surface area contributed by atoms with Crippen LogP contribution in [0.25, 0.3) is 0 Å². The largest absolute Gasteiger partial charge is 0.348 e. The van der Waals surface area contributed by atoms with Crippen LogP contribution in [0.1, 0.15) is 36.8 Å². The molecule has 1 fully saturated rings. The highest BCUT2D eigenvalue weighted by molar-refractivity contribution is 7.91. The minimum absolute atomic E-state index is 0.101. The highest BCUT2D eigenvalue weighted by Gasteiger charge is 2.40. The Morgan fingerprint density at radius 2 is 1.96 bits per heavy atom. The van der Waals surface area contributed by atoms with Crippen molar-refractivity contribution in [1.82, 2.24) is 4.98 Å². The zero-order chi connectivity index (χ0) is 16.0. The quantitative estimate of drug-likeness (QED) is 0.868. The first-order chi connectivity index (χ1) is 11.1. The fourth-order valence-corrected chi connectivity index (χ4v) is 4.77. The van der Waals surface area contributed by atoms with Gasteiger partial charge in [0.05, 0.1) is 5.75 Å². The molecular formula is C18H20N2O2S. The fraction of sp³-hybridized carbons (Fsp3) is 0.389. The summed E-state index contributed by atoms with van der Waals surface area (Å²) in [6.45, 7) is 2.42. The van der Waals surface area contributed by atoms with Gasteiger partial charge in [-0.3, -0.25) is 0 Å². The van der Waals surface area contributed by atoms with E-state index in [0.717, 1.165) is 19.4 Å². The maximum atomic E-state index is 12.4. The lowest BCUT2D eigenvalue weighted by Crippen LogP contribution is -2.41. The van der Waals surface area contributed by atoms with Crippen molar-refractivity contribution in [2.45, 2.75) is 43.2 Å². The van der Waals surface area contributed by atoms with E-state index >= 15 is 0 Å². The zero-order valence-corrected chi connectivity index (χ0v) is 14.0. The number of rotatable bonds is 3. The molecule has 0 radical (unpaired) electrons. The van der Waals surface area contributed by atoms with Crippen molar-refractivity contribution in [3.8, 4) is 0 Å². The van der Waals surface area contributed by atoms with Crippen LogP contribution in [0.4, 0.5) is 5.82 Å². The molecule has 2 bridgehead atoms. The summed E-state index contributed by atoms with van der Waals surface area (Å²) in [7, 11) is -3.28. The van der Waals surface area contributed by atoms with E-state index in [2.05, 4.69) is 34.1 Å². The smallest absolute Gasteiger partial charge is 0.181 e. The Bertz CT molecular complexity index is 842. The number of aromatic nitrogens is 1. The Kier molecular flexibility index (Phi) is 3.41. The van der Waals surface area contributed by atoms with Crippen LogP contribution in [-0.2, 0) is 16.4 Å². The average Bonchev–Trinajstić information content (AvgIpc) is 2.80. The summed E-state index contributed by atoms with van der Waals surface area (Å²) in [4.78, 5) is 7.02. The van der Waals surface area contributed by atoms with Crippen LogP contribution in [0.15, 0.2) is 47.5 Å². The molecule has 3 aliphatic rings. The molecule has 1 aromatic heterocycles. The molecule has 5 heteroatoms. The van der Waals surface area contributed by atoms with Crippen LogP contribution in [0, 0.1) is 0 Å². The summed E-state index contributed by atoms with van der Waals surface area (Å²) >= 11 is 0. The number of fused-ring (bicyclic) bond motifs is 1. The van der Waals surface area contributed by atoms with Gasteiger partial charge >= 0.3 is 0 Å². The molecule has 3 heterocycles. The lowest BCUT2D eigenvalue weighted by Gasteiger charge is -2.40. The van der Waals surface area contributed by atoms with Crippen LogP contribution < -0.4 is 4.90 Å². The number of nitrogens with zero attached hydrogens (tertiary/aromatic N) is 2. The third-order valence-electron chi connectivity index (χ3n) is 5.13. The van der Waals surface area contributed by atoms with Crippen LogP contribution in [-0.4, -0.2) is 25.2 Å². The first kappa shape index (κ1) is 14.7. The predicted octanol–water partition coefficient (Wildman–Crippen LogP) is 3.14. The molecule has 1 saturated carbocycles. The molecule has 5 rings (SSSR count). The highest BCUT2D eigenvalue weighted by Crippen LogP contribution is 2.46. The Labute approximate surface area is 137 Å². The van der Waals surface area contributed by atoms with Gasteiger partial charge in [0.2, 0.25) is 0 Å². The molecule has 0 N–H and O–H groups in total. The molecule has 2 aliphatic heterocycles. The summed E-state index contributed by atoms with van der Waals surface area (Å²) in [5.41, 5.74) is 2.71. The molecule has 0 atom stereocenters. The summed E-state index contributed by atoms with van der Waals surface area (Å²) in [6, 6.07) is 12.3. The number of hydrogen-bond acceptors (Lipinski definition) is 4. The maximum absolute atomic E-state index is 12.4. The van der Waals surface area contributed by atoms with Crippen molar-refractivity contribution in [2.24, 2.45) is 0 Å². The van der Waals surface area contributed by atoms with Crippen molar-refractivity contribution in [2.75, 3.05) is 10.7 Å². The second kappa shape index (κ2) is 5.34. The minimum atomic E-state index is -3.28. The van der Waals surface area contributed by atoms with Gasteiger partial charge in [-0.25, -0.2) is 13.4 Å². The number of benzene rings is 1. The van der Waals surface area contributed by atoms with Gasteiger partial charge in [0.1, 0.15) is 10.7 Å². The minimum Gasteiger partial charge on any atom is -0.348 e. The molecule has 0 unspecified atom stereocenters. The van der Waals surface area contributed by atoms with E-state index in [-0.39, 0.29) is 5.75 Å². The van der Waals surface area contributed by atoms with Gasteiger partial charge in [-0.2, -0.15) is 0 Å². The Balaban J connectivity index is 1.81. The van der Waals surface area contributed by atoms with Gasteiger partial charge in [-0.05, 0) is 42.0 Å². The first-order valence-electron chi connectivity index (χ1n) is 8.12. The topological polar surface area (TPSA) is 50.3 Å². The molecule has 120 valence electrons. The summed E-state index contributed by atoms with van der Waals surface area (Å²) in [5, 5.41) is 0. The molecule has 4 nitrogen and oxygen atoms in total. The number of hydrogen-bond donors (Lipinski definition) is 0. The van der Waals surface area contributed by atoms with E-state index in [1.807, 2.05) is 0 Å². The Morgan fingerprint density at radius 3 is 2.74 bits per heavy atom. The van der Waals surface area contributed by atoms with Crippen molar-refractivity contribution in [1.29, 1.82) is 0 Å². The monoisotopic (exact) mass is 328 g/mol. The third-order valence-corrected chi connectivity index (χ3v) is 6.88. The second-order valence-electron chi connectivity index (χ2n) is 6.38. The standard InChI is InChI=1S/C18H20N2O2S/c1-2-23(21,22)17-8-5-9-19-18(17)20-12-13-6-3-4-7-16(13)14-10-15(20)11-14/h3-9,14-15H,2,10-12H2,1H3. The van der Waals surface area contributed by atoms with Crippen LogP contribution in [0.2, 0.25) is 0 Å². The summed E-state index contributed by atoms with van der Waals surface area (Å²) in [5.74, 6) is 1.33. The molecule has 0 amide bonds. The maximum Gasteiger partial charge on any atom is 0.181 e. The molecule has 0 spiro atoms. The van der Waals surface area contributed by atoms with Gasteiger partial charge in [-0.1, -0.05) is 31.2 Å². The van der Waals surface area contributed by atoms with E-state index < -0.39 is 9.84 Å².